The first kappa shape index (κ1) is 19.9. The molecular weight excluding hydrogens is 344 g/mol. The van der Waals surface area contributed by atoms with E-state index in [-0.39, 0.29) is 11.0 Å². The van der Waals surface area contributed by atoms with Gasteiger partial charge < -0.3 is 0 Å². The normalized spacial score (nSPS) is 13.3. The molecule has 0 aliphatic heterocycles. The topological polar surface area (TPSA) is 59.4 Å². The number of hydrogen-bond donors (Lipinski definition) is 0. The molecule has 0 aliphatic carbocycles. The van der Waals surface area contributed by atoms with E-state index in [1.54, 1.807) is 18.3 Å². The second-order valence-corrected chi connectivity index (χ2v) is 9.67. The standard InChI is InChI=1S/C21H24N2O2S/c1-15-7-8-19(11-16(15)2)26(6,25)23-20(24)18-12-17(13-22-14-18)9-10-21(3,4)5/h7-8,11-14H,1-6H3. The number of nitrogens with zero attached hydrogens (tertiary/aromatic N) is 2. The molecule has 4 nitrogen and oxygen atoms in total. The highest BCUT2D eigenvalue weighted by Gasteiger charge is 2.13. The Morgan fingerprint density at radius 3 is 2.42 bits per heavy atom. The van der Waals surface area contributed by atoms with Crippen molar-refractivity contribution >= 4 is 15.6 Å². The molecule has 0 fully saturated rings. The van der Waals surface area contributed by atoms with Crippen molar-refractivity contribution in [1.29, 1.82) is 0 Å². The monoisotopic (exact) mass is 368 g/mol. The molecule has 0 spiro atoms. The number of aryl methyl sites for hydroxylation is 2. The van der Waals surface area contributed by atoms with Crippen molar-refractivity contribution in [2.24, 2.45) is 9.78 Å². The van der Waals surface area contributed by atoms with Gasteiger partial charge in [-0.25, -0.2) is 4.21 Å². The Morgan fingerprint density at radius 1 is 1.12 bits per heavy atom. The Morgan fingerprint density at radius 2 is 1.81 bits per heavy atom. The second kappa shape index (κ2) is 7.43. The highest BCUT2D eigenvalue weighted by Crippen LogP contribution is 2.18. The largest absolute Gasteiger partial charge is 0.286 e. The molecule has 5 heteroatoms. The van der Waals surface area contributed by atoms with Crippen molar-refractivity contribution in [3.8, 4) is 11.8 Å². The van der Waals surface area contributed by atoms with Gasteiger partial charge in [-0.3, -0.25) is 9.78 Å². The predicted octanol–water partition coefficient (Wildman–Crippen LogP) is 4.39. The minimum atomic E-state index is -2.83. The molecule has 1 aromatic carbocycles. The molecule has 2 aromatic rings. The molecule has 0 bridgehead atoms. The zero-order chi connectivity index (χ0) is 19.5. The first-order chi connectivity index (χ1) is 12.0. The number of carbonyl (C=O) groups excluding carboxylic acids is 1. The van der Waals surface area contributed by atoms with Gasteiger partial charge in [0.25, 0.3) is 5.91 Å². The molecule has 0 radical (unpaired) electrons. The van der Waals surface area contributed by atoms with Crippen molar-refractivity contribution in [2.75, 3.05) is 6.26 Å². The molecule has 1 aromatic heterocycles. The second-order valence-electron chi connectivity index (χ2n) is 7.41. The molecular formula is C21H24N2O2S. The number of carbonyl (C=O) groups is 1. The Hall–Kier alpha value is -2.45. The van der Waals surface area contributed by atoms with E-state index in [0.717, 1.165) is 11.1 Å². The summed E-state index contributed by atoms with van der Waals surface area (Å²) in [5.41, 5.74) is 2.88. The van der Waals surface area contributed by atoms with E-state index in [0.29, 0.717) is 10.5 Å². The summed E-state index contributed by atoms with van der Waals surface area (Å²) in [6.07, 6.45) is 4.50. The number of rotatable bonds is 2. The highest BCUT2D eigenvalue weighted by atomic mass is 32.2. The quantitative estimate of drug-likeness (QED) is 0.739. The first-order valence-corrected chi connectivity index (χ1v) is 10.2. The zero-order valence-electron chi connectivity index (χ0n) is 16.1. The van der Waals surface area contributed by atoms with E-state index in [1.165, 1.54) is 12.5 Å². The third-order valence-electron chi connectivity index (χ3n) is 3.74. The van der Waals surface area contributed by atoms with E-state index in [9.17, 15) is 9.00 Å². The number of hydrogen-bond acceptors (Lipinski definition) is 3. The molecule has 26 heavy (non-hydrogen) atoms. The van der Waals surface area contributed by atoms with Crippen molar-refractivity contribution < 1.29 is 9.00 Å². The third kappa shape index (κ3) is 5.27. The average molecular weight is 369 g/mol. The smallest absolute Gasteiger partial charge is 0.266 e. The fourth-order valence-corrected chi connectivity index (χ4v) is 3.34. The van der Waals surface area contributed by atoms with E-state index in [4.69, 9.17) is 0 Å². The Kier molecular flexibility index (Phi) is 5.68. The minimum absolute atomic E-state index is 0.147. The van der Waals surface area contributed by atoms with Crippen LogP contribution in [0, 0.1) is 31.1 Å². The Labute approximate surface area is 156 Å². The summed E-state index contributed by atoms with van der Waals surface area (Å²) in [5.74, 6) is 5.56. The van der Waals surface area contributed by atoms with Gasteiger partial charge in [-0.2, -0.15) is 4.36 Å². The number of amides is 1. The van der Waals surface area contributed by atoms with Crippen LogP contribution in [0.5, 0.6) is 0 Å². The number of benzene rings is 1. The lowest BCUT2D eigenvalue weighted by molar-refractivity contribution is 0.100. The highest BCUT2D eigenvalue weighted by molar-refractivity contribution is 7.93. The van der Waals surface area contributed by atoms with Gasteiger partial charge in [0.1, 0.15) is 0 Å². The lowest BCUT2D eigenvalue weighted by Crippen LogP contribution is -2.05. The van der Waals surface area contributed by atoms with Gasteiger partial charge in [0, 0.05) is 34.5 Å². The fourth-order valence-electron chi connectivity index (χ4n) is 2.10. The maximum atomic E-state index is 12.9. The molecule has 0 saturated heterocycles. The molecule has 1 atom stereocenters. The van der Waals surface area contributed by atoms with Crippen LogP contribution in [0.1, 0.15) is 47.8 Å². The summed E-state index contributed by atoms with van der Waals surface area (Å²) >= 11 is 0. The maximum absolute atomic E-state index is 12.9. The first-order valence-electron chi connectivity index (χ1n) is 8.30. The van der Waals surface area contributed by atoms with Crippen LogP contribution in [-0.4, -0.2) is 21.4 Å². The summed E-state index contributed by atoms with van der Waals surface area (Å²) < 4.78 is 16.9. The van der Waals surface area contributed by atoms with Crippen LogP contribution in [0.25, 0.3) is 0 Å². The lowest BCUT2D eigenvalue weighted by Gasteiger charge is -2.07. The molecule has 0 aliphatic rings. The zero-order valence-corrected chi connectivity index (χ0v) is 16.9. The van der Waals surface area contributed by atoms with E-state index in [2.05, 4.69) is 21.2 Å². The van der Waals surface area contributed by atoms with Crippen molar-refractivity contribution in [2.45, 2.75) is 39.5 Å². The van der Waals surface area contributed by atoms with Crippen molar-refractivity contribution in [3.05, 3.63) is 58.9 Å². The Bertz CT molecular complexity index is 1030. The van der Waals surface area contributed by atoms with Crippen LogP contribution in [0.15, 0.2) is 45.9 Å². The van der Waals surface area contributed by atoms with Gasteiger partial charge in [0.2, 0.25) is 0 Å². The van der Waals surface area contributed by atoms with Gasteiger partial charge in [-0.15, -0.1) is 0 Å². The van der Waals surface area contributed by atoms with Gasteiger partial charge in [-0.05, 0) is 63.9 Å². The number of aromatic nitrogens is 1. The van der Waals surface area contributed by atoms with Crippen LogP contribution in [0.3, 0.4) is 0 Å². The van der Waals surface area contributed by atoms with Crippen molar-refractivity contribution in [1.82, 2.24) is 4.98 Å². The van der Waals surface area contributed by atoms with Crippen LogP contribution in [-0.2, 0) is 9.73 Å². The number of pyridine rings is 1. The van der Waals surface area contributed by atoms with Crippen LogP contribution in [0.4, 0.5) is 0 Å². The molecule has 0 saturated carbocycles. The average Bonchev–Trinajstić information content (AvgIpc) is 2.54. The van der Waals surface area contributed by atoms with Crippen LogP contribution < -0.4 is 0 Å². The summed E-state index contributed by atoms with van der Waals surface area (Å²) in [6, 6.07) is 7.09. The van der Waals surface area contributed by atoms with Gasteiger partial charge in [-0.1, -0.05) is 17.9 Å². The fraction of sp³-hybridized carbons (Fsp3) is 0.333. The van der Waals surface area contributed by atoms with Gasteiger partial charge in [0.05, 0.1) is 15.3 Å². The lowest BCUT2D eigenvalue weighted by atomic mass is 9.97. The molecule has 1 amide bonds. The molecule has 1 heterocycles. The van der Waals surface area contributed by atoms with Crippen LogP contribution >= 0.6 is 0 Å². The summed E-state index contributed by atoms with van der Waals surface area (Å²) in [4.78, 5) is 17.1. The summed E-state index contributed by atoms with van der Waals surface area (Å²) in [6.45, 7) is 9.95. The maximum Gasteiger partial charge on any atom is 0.286 e. The van der Waals surface area contributed by atoms with Crippen molar-refractivity contribution in [3.63, 3.8) is 0 Å². The summed E-state index contributed by atoms with van der Waals surface area (Å²) in [7, 11) is -2.83. The van der Waals surface area contributed by atoms with Crippen LogP contribution in [0.2, 0.25) is 0 Å². The minimum Gasteiger partial charge on any atom is -0.266 e. The summed E-state index contributed by atoms with van der Waals surface area (Å²) in [5, 5.41) is 0. The van der Waals surface area contributed by atoms with Gasteiger partial charge >= 0.3 is 0 Å². The van der Waals surface area contributed by atoms with E-state index >= 15 is 0 Å². The third-order valence-corrected chi connectivity index (χ3v) is 5.38. The molecule has 0 N–H and O–H groups in total. The van der Waals surface area contributed by atoms with Gasteiger partial charge in [0.15, 0.2) is 0 Å². The Balaban J connectivity index is 2.39. The molecule has 2 rings (SSSR count). The van der Waals surface area contributed by atoms with E-state index in [1.807, 2.05) is 46.8 Å². The predicted molar refractivity (Wildman–Crippen MR) is 106 cm³/mol. The SMILES string of the molecule is Cc1ccc(S(C)(=O)=NC(=O)c2cncc(C#CC(C)(C)C)c2)cc1C. The molecule has 1 unspecified atom stereocenters. The molecule has 136 valence electrons. The van der Waals surface area contributed by atoms with E-state index < -0.39 is 15.6 Å².